The molecule has 0 spiro atoms. The quantitative estimate of drug-likeness (QED) is 0.471. The third-order valence-corrected chi connectivity index (χ3v) is 2.57. The summed E-state index contributed by atoms with van der Waals surface area (Å²) in [5, 5.41) is 20.1. The number of carboxylic acids is 1. The van der Waals surface area contributed by atoms with E-state index in [1.165, 1.54) is 4.90 Å². The van der Waals surface area contributed by atoms with Crippen molar-refractivity contribution >= 4 is 12.0 Å². The number of urea groups is 1. The minimum absolute atomic E-state index is 0.0876. The maximum absolute atomic E-state index is 11.7. The maximum Gasteiger partial charge on any atom is 0.317 e. The molecule has 3 N–H and O–H groups in total. The Kier molecular flexibility index (Phi) is 10.9. The monoisotopic (exact) mass is 276 g/mol. The Morgan fingerprint density at radius 2 is 1.95 bits per heavy atom. The van der Waals surface area contributed by atoms with Crippen LogP contribution in [0.2, 0.25) is 0 Å². The molecule has 2 amide bonds. The number of hydrogen-bond donors (Lipinski definition) is 3. The summed E-state index contributed by atoms with van der Waals surface area (Å²) in [5.41, 5.74) is 0. The molecule has 0 aliphatic rings. The van der Waals surface area contributed by atoms with Crippen LogP contribution in [0.15, 0.2) is 0 Å². The average Bonchev–Trinajstić information content (AvgIpc) is 2.38. The molecule has 0 saturated carbocycles. The van der Waals surface area contributed by atoms with Crippen LogP contribution in [0.3, 0.4) is 0 Å². The first-order valence-corrected chi connectivity index (χ1v) is 6.46. The van der Waals surface area contributed by atoms with Crippen molar-refractivity contribution in [3.63, 3.8) is 0 Å². The number of aliphatic hydroxyl groups is 1. The van der Waals surface area contributed by atoms with Gasteiger partial charge in [0.05, 0.1) is 13.2 Å². The summed E-state index contributed by atoms with van der Waals surface area (Å²) in [7, 11) is 1.55. The van der Waals surface area contributed by atoms with Gasteiger partial charge in [-0.1, -0.05) is 6.42 Å². The molecular formula is C12H24N2O5. The molecule has 0 radical (unpaired) electrons. The Bertz CT molecular complexity index is 261. The molecule has 0 aliphatic carbocycles. The van der Waals surface area contributed by atoms with Crippen LogP contribution in [-0.4, -0.2) is 67.1 Å². The molecule has 0 aromatic heterocycles. The highest BCUT2D eigenvalue weighted by atomic mass is 16.5. The van der Waals surface area contributed by atoms with Gasteiger partial charge in [0.1, 0.15) is 0 Å². The summed E-state index contributed by atoms with van der Waals surface area (Å²) in [5.74, 6) is -0.794. The summed E-state index contributed by atoms with van der Waals surface area (Å²) >= 11 is 0. The molecule has 7 nitrogen and oxygen atoms in total. The Hall–Kier alpha value is -1.34. The van der Waals surface area contributed by atoms with E-state index in [4.69, 9.17) is 14.9 Å². The molecule has 0 fully saturated rings. The number of rotatable bonds is 11. The van der Waals surface area contributed by atoms with Crippen LogP contribution in [0.4, 0.5) is 4.79 Å². The molecule has 0 saturated heterocycles. The fraction of sp³-hybridized carbons (Fsp3) is 0.833. The standard InChI is InChI=1S/C12H24N2O5/c1-19-10-8-14(7-9-15)12(18)13-6-4-2-3-5-11(16)17/h15H,2-10H2,1H3,(H,13,18)(H,16,17). The number of aliphatic hydroxyl groups excluding tert-OH is 1. The van der Waals surface area contributed by atoms with Crippen LogP contribution in [0.5, 0.6) is 0 Å². The van der Waals surface area contributed by atoms with E-state index in [1.807, 2.05) is 0 Å². The van der Waals surface area contributed by atoms with Gasteiger partial charge in [0.15, 0.2) is 0 Å². The lowest BCUT2D eigenvalue weighted by atomic mass is 10.2. The minimum atomic E-state index is -0.794. The largest absolute Gasteiger partial charge is 0.481 e. The zero-order chi connectivity index (χ0) is 14.5. The number of hydrogen-bond acceptors (Lipinski definition) is 4. The molecule has 0 rings (SSSR count). The predicted octanol–water partition coefficient (Wildman–Crippen LogP) is 0.282. The van der Waals surface area contributed by atoms with Gasteiger partial charge < -0.3 is 25.2 Å². The van der Waals surface area contributed by atoms with Crippen LogP contribution < -0.4 is 5.32 Å². The van der Waals surface area contributed by atoms with E-state index in [2.05, 4.69) is 5.32 Å². The number of nitrogens with zero attached hydrogens (tertiary/aromatic N) is 1. The molecule has 0 bridgehead atoms. The topological polar surface area (TPSA) is 99.1 Å². The molecule has 7 heteroatoms. The Morgan fingerprint density at radius 3 is 2.53 bits per heavy atom. The Balaban J connectivity index is 3.70. The van der Waals surface area contributed by atoms with Crippen LogP contribution in [0, 0.1) is 0 Å². The highest BCUT2D eigenvalue weighted by molar-refractivity contribution is 5.74. The molecule has 0 atom stereocenters. The van der Waals surface area contributed by atoms with E-state index in [-0.39, 0.29) is 25.6 Å². The SMILES string of the molecule is COCCN(CCO)C(=O)NCCCCCC(=O)O. The van der Waals surface area contributed by atoms with Crippen molar-refractivity contribution in [1.29, 1.82) is 0 Å². The number of carbonyl (C=O) groups excluding carboxylic acids is 1. The number of amides is 2. The lowest BCUT2D eigenvalue weighted by Crippen LogP contribution is -2.43. The normalized spacial score (nSPS) is 10.2. The number of methoxy groups -OCH3 is 1. The van der Waals surface area contributed by atoms with Gasteiger partial charge >= 0.3 is 12.0 Å². The van der Waals surface area contributed by atoms with Crippen molar-refractivity contribution in [2.75, 3.05) is 40.0 Å². The van der Waals surface area contributed by atoms with Gasteiger partial charge in [-0.05, 0) is 12.8 Å². The van der Waals surface area contributed by atoms with Gasteiger partial charge in [-0.25, -0.2) is 4.79 Å². The van der Waals surface area contributed by atoms with Crippen molar-refractivity contribution in [3.05, 3.63) is 0 Å². The minimum Gasteiger partial charge on any atom is -0.481 e. The number of nitrogens with one attached hydrogen (secondary N) is 1. The third-order valence-electron chi connectivity index (χ3n) is 2.57. The number of unbranched alkanes of at least 4 members (excludes halogenated alkanes) is 2. The van der Waals surface area contributed by atoms with E-state index in [0.717, 1.165) is 12.8 Å². The molecule has 0 aromatic rings. The zero-order valence-electron chi connectivity index (χ0n) is 11.4. The smallest absolute Gasteiger partial charge is 0.317 e. The van der Waals surface area contributed by atoms with Crippen LogP contribution in [0.25, 0.3) is 0 Å². The molecular weight excluding hydrogens is 252 g/mol. The summed E-state index contributed by atoms with van der Waals surface area (Å²) in [4.78, 5) is 23.5. The Morgan fingerprint density at radius 1 is 1.21 bits per heavy atom. The highest BCUT2D eigenvalue weighted by Gasteiger charge is 2.11. The number of carboxylic acid groups (broad SMARTS) is 1. The van der Waals surface area contributed by atoms with Crippen LogP contribution in [-0.2, 0) is 9.53 Å². The van der Waals surface area contributed by atoms with Gasteiger partial charge in [-0.3, -0.25) is 4.79 Å². The van der Waals surface area contributed by atoms with Crippen LogP contribution >= 0.6 is 0 Å². The van der Waals surface area contributed by atoms with E-state index in [9.17, 15) is 9.59 Å². The number of aliphatic carboxylic acids is 1. The van der Waals surface area contributed by atoms with Gasteiger partial charge in [0.25, 0.3) is 0 Å². The Labute approximate surface area is 113 Å². The zero-order valence-corrected chi connectivity index (χ0v) is 11.4. The molecule has 0 aliphatic heterocycles. The van der Waals surface area contributed by atoms with Gasteiger partial charge in [0, 0.05) is 33.2 Å². The second-order valence-electron chi connectivity index (χ2n) is 4.14. The van der Waals surface area contributed by atoms with Crippen molar-refractivity contribution in [3.8, 4) is 0 Å². The summed E-state index contributed by atoms with van der Waals surface area (Å²) in [6.45, 7) is 1.55. The first kappa shape index (κ1) is 17.7. The molecule has 19 heavy (non-hydrogen) atoms. The van der Waals surface area contributed by atoms with E-state index in [0.29, 0.717) is 26.1 Å². The fourth-order valence-electron chi connectivity index (χ4n) is 1.52. The first-order chi connectivity index (χ1) is 9.11. The highest BCUT2D eigenvalue weighted by Crippen LogP contribution is 1.99. The second kappa shape index (κ2) is 11.7. The average molecular weight is 276 g/mol. The maximum atomic E-state index is 11.7. The second-order valence-corrected chi connectivity index (χ2v) is 4.14. The van der Waals surface area contributed by atoms with E-state index < -0.39 is 5.97 Å². The molecule has 0 heterocycles. The van der Waals surface area contributed by atoms with E-state index in [1.54, 1.807) is 7.11 Å². The number of ether oxygens (including phenoxy) is 1. The van der Waals surface area contributed by atoms with Crippen molar-refractivity contribution in [2.24, 2.45) is 0 Å². The van der Waals surface area contributed by atoms with Gasteiger partial charge in [0.2, 0.25) is 0 Å². The van der Waals surface area contributed by atoms with E-state index >= 15 is 0 Å². The predicted molar refractivity (Wildman–Crippen MR) is 70.0 cm³/mol. The fourth-order valence-corrected chi connectivity index (χ4v) is 1.52. The lowest BCUT2D eigenvalue weighted by molar-refractivity contribution is -0.137. The summed E-state index contributed by atoms with van der Waals surface area (Å²) in [6, 6.07) is -0.232. The van der Waals surface area contributed by atoms with Crippen molar-refractivity contribution < 1.29 is 24.5 Å². The van der Waals surface area contributed by atoms with Gasteiger partial charge in [-0.2, -0.15) is 0 Å². The lowest BCUT2D eigenvalue weighted by Gasteiger charge is -2.21. The summed E-state index contributed by atoms with van der Waals surface area (Å²) < 4.78 is 4.89. The van der Waals surface area contributed by atoms with Gasteiger partial charge in [-0.15, -0.1) is 0 Å². The van der Waals surface area contributed by atoms with Crippen molar-refractivity contribution in [1.82, 2.24) is 10.2 Å². The molecule has 0 aromatic carbocycles. The first-order valence-electron chi connectivity index (χ1n) is 6.46. The third kappa shape index (κ3) is 10.3. The van der Waals surface area contributed by atoms with Crippen LogP contribution in [0.1, 0.15) is 25.7 Å². The molecule has 0 unspecified atom stereocenters. The molecule has 112 valence electrons. The number of carbonyl (C=O) groups is 2. The van der Waals surface area contributed by atoms with Crippen molar-refractivity contribution in [2.45, 2.75) is 25.7 Å². The summed E-state index contributed by atoms with van der Waals surface area (Å²) in [6.07, 6.45) is 2.30.